The largest absolute Gasteiger partial charge is 0.508 e. The second-order valence-electron chi connectivity index (χ2n) is 13.0. The molecule has 0 spiro atoms. The highest BCUT2D eigenvalue weighted by atomic mass is 16.5. The SMILES string of the molecule is N[C@@H](C(=O)N[C@H](C(=O)N[C@@H](Cc1ccccc1)C(=O)N[C@@H](CC(=O)OCc1ccccc1)C(=O)OCc1ccccc1)c1ccc(O)cc1)c1cc(O)cc(O)c1. The minimum atomic E-state index is -1.52. The molecule has 5 rings (SSSR count). The summed E-state index contributed by atoms with van der Waals surface area (Å²) in [5.74, 6) is -5.14. The molecule has 0 aliphatic heterocycles. The number of nitrogens with two attached hydrogens (primary N) is 1. The molecule has 5 aromatic rings. The number of hydrogen-bond acceptors (Lipinski definition) is 11. The maximum absolute atomic E-state index is 14.2. The summed E-state index contributed by atoms with van der Waals surface area (Å²) in [6, 6.07) is 29.3. The van der Waals surface area contributed by atoms with Crippen molar-refractivity contribution in [1.82, 2.24) is 16.0 Å². The average Bonchev–Trinajstić information content (AvgIpc) is 3.21. The quantitative estimate of drug-likeness (QED) is 0.0674. The fraction of sp³-hybridized carbons (Fsp3) is 0.186. The van der Waals surface area contributed by atoms with Crippen LogP contribution in [-0.4, -0.2) is 57.1 Å². The number of aromatic hydroxyl groups is 3. The third kappa shape index (κ3) is 12.4. The second kappa shape index (κ2) is 19.9. The van der Waals surface area contributed by atoms with Crippen molar-refractivity contribution in [3.05, 3.63) is 161 Å². The Morgan fingerprint density at radius 1 is 0.526 bits per heavy atom. The van der Waals surface area contributed by atoms with E-state index in [2.05, 4.69) is 16.0 Å². The number of phenolic OH excluding ortho intramolecular Hbond substituents is 3. The van der Waals surface area contributed by atoms with E-state index in [0.717, 1.165) is 6.07 Å². The van der Waals surface area contributed by atoms with Crippen LogP contribution in [0.5, 0.6) is 17.2 Å². The number of nitrogens with one attached hydrogen (secondary N) is 3. The minimum absolute atomic E-state index is 0.0451. The van der Waals surface area contributed by atoms with E-state index in [1.807, 2.05) is 6.07 Å². The lowest BCUT2D eigenvalue weighted by Gasteiger charge is -2.26. The van der Waals surface area contributed by atoms with Crippen LogP contribution < -0.4 is 21.7 Å². The molecule has 294 valence electrons. The third-order valence-electron chi connectivity index (χ3n) is 8.70. The third-order valence-corrected chi connectivity index (χ3v) is 8.70. The van der Waals surface area contributed by atoms with Crippen molar-refractivity contribution in [1.29, 1.82) is 0 Å². The molecule has 4 atom stereocenters. The molecule has 0 saturated carbocycles. The number of carbonyl (C=O) groups is 5. The van der Waals surface area contributed by atoms with E-state index in [1.165, 1.54) is 36.4 Å². The molecule has 0 fully saturated rings. The number of benzene rings is 5. The normalized spacial score (nSPS) is 12.9. The Bertz CT molecular complexity index is 2110. The van der Waals surface area contributed by atoms with Gasteiger partial charge in [0.05, 0.1) is 6.42 Å². The van der Waals surface area contributed by atoms with E-state index >= 15 is 0 Å². The maximum Gasteiger partial charge on any atom is 0.329 e. The zero-order valence-corrected chi connectivity index (χ0v) is 30.6. The summed E-state index contributed by atoms with van der Waals surface area (Å²) in [6.45, 7) is -0.222. The van der Waals surface area contributed by atoms with Gasteiger partial charge in [0.1, 0.15) is 54.6 Å². The Balaban J connectivity index is 1.39. The summed E-state index contributed by atoms with van der Waals surface area (Å²) in [7, 11) is 0. The lowest BCUT2D eigenvalue weighted by molar-refractivity contribution is -0.155. The van der Waals surface area contributed by atoms with Gasteiger partial charge in [-0.3, -0.25) is 19.2 Å². The van der Waals surface area contributed by atoms with Gasteiger partial charge >= 0.3 is 11.9 Å². The topological polar surface area (TPSA) is 227 Å². The first-order valence-corrected chi connectivity index (χ1v) is 17.9. The van der Waals surface area contributed by atoms with Gasteiger partial charge in [-0.15, -0.1) is 0 Å². The number of amides is 3. The summed E-state index contributed by atoms with van der Waals surface area (Å²) >= 11 is 0. The molecular weight excluding hydrogens is 732 g/mol. The van der Waals surface area contributed by atoms with Crippen molar-refractivity contribution < 1.29 is 48.8 Å². The van der Waals surface area contributed by atoms with Gasteiger partial charge in [-0.1, -0.05) is 103 Å². The summed E-state index contributed by atoms with van der Waals surface area (Å²) in [5.41, 5.74) is 8.41. The molecule has 0 aliphatic carbocycles. The molecule has 0 aromatic heterocycles. The zero-order chi connectivity index (χ0) is 40.7. The molecule has 8 N–H and O–H groups in total. The molecule has 5 aromatic carbocycles. The van der Waals surface area contributed by atoms with Crippen LogP contribution in [0.2, 0.25) is 0 Å². The average molecular weight is 775 g/mol. The first-order chi connectivity index (χ1) is 27.4. The number of rotatable bonds is 17. The van der Waals surface area contributed by atoms with Crippen LogP contribution in [0.25, 0.3) is 0 Å². The highest BCUT2D eigenvalue weighted by Crippen LogP contribution is 2.25. The molecule has 57 heavy (non-hydrogen) atoms. The summed E-state index contributed by atoms with van der Waals surface area (Å²) < 4.78 is 10.9. The predicted molar refractivity (Wildman–Crippen MR) is 207 cm³/mol. The van der Waals surface area contributed by atoms with Gasteiger partial charge in [-0.25, -0.2) is 4.79 Å². The Morgan fingerprint density at radius 3 is 1.60 bits per heavy atom. The molecule has 0 heterocycles. The van der Waals surface area contributed by atoms with Gasteiger partial charge in [0.15, 0.2) is 0 Å². The van der Waals surface area contributed by atoms with Gasteiger partial charge in [0.25, 0.3) is 0 Å². The van der Waals surface area contributed by atoms with Gasteiger partial charge in [0, 0.05) is 12.5 Å². The monoisotopic (exact) mass is 774 g/mol. The van der Waals surface area contributed by atoms with Crippen molar-refractivity contribution in [3.63, 3.8) is 0 Å². The molecule has 0 bridgehead atoms. The molecule has 14 heteroatoms. The number of esters is 2. The second-order valence-corrected chi connectivity index (χ2v) is 13.0. The van der Waals surface area contributed by atoms with Gasteiger partial charge in [-0.05, 0) is 52.1 Å². The number of carbonyl (C=O) groups excluding carboxylic acids is 5. The lowest BCUT2D eigenvalue weighted by Crippen LogP contribution is -2.55. The van der Waals surface area contributed by atoms with Crippen molar-refractivity contribution in [2.24, 2.45) is 5.73 Å². The van der Waals surface area contributed by atoms with Crippen molar-refractivity contribution in [2.75, 3.05) is 0 Å². The molecule has 0 saturated heterocycles. The van der Waals surface area contributed by atoms with Crippen LogP contribution >= 0.6 is 0 Å². The number of hydrogen-bond donors (Lipinski definition) is 7. The number of ether oxygens (including phenoxy) is 2. The smallest absolute Gasteiger partial charge is 0.329 e. The van der Waals surface area contributed by atoms with E-state index in [4.69, 9.17) is 15.2 Å². The zero-order valence-electron chi connectivity index (χ0n) is 30.6. The molecule has 14 nitrogen and oxygen atoms in total. The first kappa shape index (κ1) is 41.0. The van der Waals surface area contributed by atoms with Crippen LogP contribution in [0.1, 0.15) is 46.3 Å². The molecule has 0 aliphatic rings. The molecule has 3 amide bonds. The fourth-order valence-electron chi connectivity index (χ4n) is 5.72. The standard InChI is InChI=1S/C43H42N4O10/c44-38(31-21-33(49)23-34(50)22-31)41(53)47-39(30-16-18-32(48)19-17-30)42(54)45-35(20-27-10-4-1-5-11-27)40(52)46-36(43(55)57-26-29-14-8-3-9-15-29)24-37(51)56-25-28-12-6-2-7-13-28/h1-19,21-23,35-36,38-39,48-50H,20,24-26,44H2,(H,45,54)(H,46,52)(H,47,53)/t35-,36-,38+,39-/m0/s1. The lowest BCUT2D eigenvalue weighted by atomic mass is 10.0. The van der Waals surface area contributed by atoms with Gasteiger partial charge < -0.3 is 46.5 Å². The summed E-state index contributed by atoms with van der Waals surface area (Å²) in [6.07, 6.45) is -0.673. The van der Waals surface area contributed by atoms with E-state index in [-0.39, 0.29) is 48.0 Å². The van der Waals surface area contributed by atoms with Crippen LogP contribution in [0.15, 0.2) is 133 Å². The maximum atomic E-state index is 14.2. The van der Waals surface area contributed by atoms with E-state index in [0.29, 0.717) is 16.7 Å². The summed E-state index contributed by atoms with van der Waals surface area (Å²) in [4.78, 5) is 68.3. The number of phenols is 3. The Labute approximate surface area is 328 Å². The van der Waals surface area contributed by atoms with Crippen LogP contribution in [0.4, 0.5) is 0 Å². The minimum Gasteiger partial charge on any atom is -0.508 e. The van der Waals surface area contributed by atoms with E-state index in [9.17, 15) is 39.3 Å². The van der Waals surface area contributed by atoms with Crippen LogP contribution in [-0.2, 0) is 53.1 Å². The van der Waals surface area contributed by atoms with E-state index < -0.39 is 60.2 Å². The van der Waals surface area contributed by atoms with Crippen molar-refractivity contribution >= 4 is 29.7 Å². The predicted octanol–water partition coefficient (Wildman–Crippen LogP) is 3.75. The first-order valence-electron chi connectivity index (χ1n) is 17.9. The molecular formula is C43H42N4O10. The Morgan fingerprint density at radius 2 is 1.04 bits per heavy atom. The van der Waals surface area contributed by atoms with Crippen LogP contribution in [0.3, 0.4) is 0 Å². The van der Waals surface area contributed by atoms with Crippen molar-refractivity contribution in [3.8, 4) is 17.2 Å². The molecule has 0 radical (unpaired) electrons. The Kier molecular flexibility index (Phi) is 14.3. The van der Waals surface area contributed by atoms with Gasteiger partial charge in [-0.2, -0.15) is 0 Å². The van der Waals surface area contributed by atoms with Gasteiger partial charge in [0.2, 0.25) is 17.7 Å². The van der Waals surface area contributed by atoms with Crippen molar-refractivity contribution in [2.45, 2.75) is 50.2 Å². The highest BCUT2D eigenvalue weighted by Gasteiger charge is 2.33. The highest BCUT2D eigenvalue weighted by molar-refractivity contribution is 5.95. The van der Waals surface area contributed by atoms with Crippen LogP contribution in [0, 0.1) is 0 Å². The molecule has 0 unspecified atom stereocenters. The fourth-order valence-corrected chi connectivity index (χ4v) is 5.72. The van der Waals surface area contributed by atoms with E-state index in [1.54, 1.807) is 84.9 Å². The Hall–Kier alpha value is -7.19. The summed E-state index contributed by atoms with van der Waals surface area (Å²) in [5, 5.41) is 37.6.